The van der Waals surface area contributed by atoms with Crippen molar-refractivity contribution in [3.8, 4) is 0 Å². The van der Waals surface area contributed by atoms with Crippen LogP contribution in [0, 0.1) is 17.8 Å². The molecule has 2 aromatic rings. The first kappa shape index (κ1) is 29.1. The Kier molecular flexibility index (Phi) is 9.94. The Labute approximate surface area is 240 Å². The molecule has 0 unspecified atom stereocenters. The number of aryl methyl sites for hydroxylation is 1. The van der Waals surface area contributed by atoms with Gasteiger partial charge in [-0.25, -0.2) is 4.98 Å². The molecule has 5 rings (SSSR count). The molecule has 2 aliphatic heterocycles. The highest BCUT2D eigenvalue weighted by Crippen LogP contribution is 2.39. The number of hydrogen-bond donors (Lipinski definition) is 1. The molecule has 0 spiro atoms. The highest BCUT2D eigenvalue weighted by molar-refractivity contribution is 6.35. The van der Waals surface area contributed by atoms with E-state index in [4.69, 9.17) is 54.4 Å². The van der Waals surface area contributed by atoms with Gasteiger partial charge in [-0.1, -0.05) is 54.7 Å². The quantitative estimate of drug-likeness (QED) is 0.399. The molecular weight excluding hydrogens is 545 g/mol. The molecule has 206 valence electrons. The van der Waals surface area contributed by atoms with Crippen molar-refractivity contribution in [2.75, 3.05) is 36.4 Å². The van der Waals surface area contributed by atoms with Gasteiger partial charge in [0.25, 0.3) is 0 Å². The van der Waals surface area contributed by atoms with E-state index in [1.165, 1.54) is 38.8 Å². The van der Waals surface area contributed by atoms with Crippen LogP contribution in [0.15, 0.2) is 18.2 Å². The number of anilines is 2. The van der Waals surface area contributed by atoms with Crippen LogP contribution in [-0.4, -0.2) is 53.2 Å². The van der Waals surface area contributed by atoms with Gasteiger partial charge < -0.3 is 15.1 Å². The zero-order valence-electron chi connectivity index (χ0n) is 22.2. The molecule has 0 radical (unpaired) electrons. The second-order valence-corrected chi connectivity index (χ2v) is 12.1. The van der Waals surface area contributed by atoms with Gasteiger partial charge in [0.2, 0.25) is 5.95 Å². The van der Waals surface area contributed by atoms with Crippen LogP contribution in [0.1, 0.15) is 63.8 Å². The molecule has 1 aromatic carbocycles. The van der Waals surface area contributed by atoms with Crippen LogP contribution >= 0.6 is 34.8 Å². The number of carbonyl (C=O) groups excluding carboxylic acids is 2. The van der Waals surface area contributed by atoms with Gasteiger partial charge in [0, 0.05) is 35.7 Å². The maximum Gasteiger partial charge on any atom is 0.373 e. The average Bonchev–Trinajstić information content (AvgIpc) is 2.83. The van der Waals surface area contributed by atoms with Crippen molar-refractivity contribution in [2.24, 2.45) is 17.8 Å². The number of hydrogen-bond acceptors (Lipinski definition) is 7. The minimum Gasteiger partial charge on any atom is -0.362 e. The number of nitrogens with one attached hydrogen (secondary N) is 1. The summed E-state index contributed by atoms with van der Waals surface area (Å²) in [6, 6.07) is 6.32. The van der Waals surface area contributed by atoms with Gasteiger partial charge in [0.05, 0.1) is 11.7 Å². The number of piperidine rings is 1. The first-order valence-electron chi connectivity index (χ1n) is 13.5. The highest BCUT2D eigenvalue weighted by Gasteiger charge is 2.40. The van der Waals surface area contributed by atoms with Gasteiger partial charge in [-0.3, -0.25) is 0 Å². The third-order valence-corrected chi connectivity index (χ3v) is 9.20. The van der Waals surface area contributed by atoms with Crippen molar-refractivity contribution in [2.45, 2.75) is 65.0 Å². The lowest BCUT2D eigenvalue weighted by Gasteiger charge is -2.50. The minimum absolute atomic E-state index is 0.0729. The lowest BCUT2D eigenvalue weighted by Crippen LogP contribution is -2.56. The number of aromatic nitrogens is 2. The summed E-state index contributed by atoms with van der Waals surface area (Å²) in [5.41, 5.74) is 1.83. The first-order chi connectivity index (χ1) is 18.2. The maximum absolute atomic E-state index is 8.12. The van der Waals surface area contributed by atoms with Gasteiger partial charge in [0.1, 0.15) is 5.02 Å². The van der Waals surface area contributed by atoms with E-state index in [1.54, 1.807) is 6.07 Å². The van der Waals surface area contributed by atoms with Crippen LogP contribution in [0.3, 0.4) is 0 Å². The van der Waals surface area contributed by atoms with E-state index in [1.807, 2.05) is 12.1 Å². The van der Waals surface area contributed by atoms with E-state index in [0.29, 0.717) is 20.9 Å². The van der Waals surface area contributed by atoms with Crippen molar-refractivity contribution in [1.29, 1.82) is 0 Å². The predicted octanol–water partition coefficient (Wildman–Crippen LogP) is 6.54. The van der Waals surface area contributed by atoms with Gasteiger partial charge in [-0.2, -0.15) is 14.6 Å². The molecule has 2 saturated heterocycles. The van der Waals surface area contributed by atoms with E-state index in [0.717, 1.165) is 60.5 Å². The van der Waals surface area contributed by atoms with Crippen LogP contribution in [0.4, 0.5) is 11.8 Å². The van der Waals surface area contributed by atoms with Crippen LogP contribution in [0.2, 0.25) is 15.1 Å². The Balaban J connectivity index is 0.00000107. The zero-order chi connectivity index (χ0) is 27.4. The van der Waals surface area contributed by atoms with E-state index in [9.17, 15) is 0 Å². The average molecular weight is 581 g/mol. The summed E-state index contributed by atoms with van der Waals surface area (Å²) >= 11 is 19.2. The lowest BCUT2D eigenvalue weighted by molar-refractivity contribution is -0.191. The fraction of sp³-hybridized carbons (Fsp3) is 0.607. The molecule has 0 bridgehead atoms. The Morgan fingerprint density at radius 1 is 1.11 bits per heavy atom. The number of likely N-dealkylation sites (tertiary alicyclic amines) is 1. The second-order valence-electron chi connectivity index (χ2n) is 10.9. The topological polar surface area (TPSA) is 78.4 Å². The second kappa shape index (κ2) is 13.0. The minimum atomic E-state index is -0.0729. The van der Waals surface area contributed by atoms with Gasteiger partial charge in [-0.15, -0.1) is 0 Å². The maximum atomic E-state index is 8.12. The molecule has 3 aliphatic rings. The number of benzene rings is 1. The molecule has 38 heavy (non-hydrogen) atoms. The van der Waals surface area contributed by atoms with Crippen molar-refractivity contribution in [3.05, 3.63) is 44.5 Å². The molecule has 2 atom stereocenters. The van der Waals surface area contributed by atoms with Crippen molar-refractivity contribution in [1.82, 2.24) is 14.9 Å². The molecule has 1 aliphatic carbocycles. The van der Waals surface area contributed by atoms with E-state index in [2.05, 4.69) is 35.9 Å². The molecule has 3 fully saturated rings. The Morgan fingerprint density at radius 2 is 1.82 bits per heavy atom. The molecular formula is C28H36Cl3N5O2. The fourth-order valence-electron chi connectivity index (χ4n) is 5.98. The predicted molar refractivity (Wildman–Crippen MR) is 152 cm³/mol. The summed E-state index contributed by atoms with van der Waals surface area (Å²) in [6.07, 6.45) is 6.47. The standard InChI is InChI=1S/C27H36Cl3N5.CO2/c1-4-24-25(30)26(31-17(3)22-8-7-20(28)12-23(22)29)33-27(32-24)35-14-19(15-35)18-6-5-9-34(13-18)21-10-16(2)11-21;2-1-3/h7-8,12,16-19,21H,4-6,9-11,13-15H2,1-3H3,(H,31,32,33);/t16?,17-,18+,21?;/m1./s1. The summed E-state index contributed by atoms with van der Waals surface area (Å²) in [7, 11) is 0. The molecule has 1 aromatic heterocycles. The van der Waals surface area contributed by atoms with Crippen molar-refractivity contribution < 1.29 is 9.59 Å². The van der Waals surface area contributed by atoms with Crippen molar-refractivity contribution >= 4 is 52.7 Å². The molecule has 7 nitrogen and oxygen atoms in total. The summed E-state index contributed by atoms with van der Waals surface area (Å²) < 4.78 is 0. The summed E-state index contributed by atoms with van der Waals surface area (Å²) in [5.74, 6) is 3.87. The molecule has 3 heterocycles. The Bertz CT molecular complexity index is 1150. The van der Waals surface area contributed by atoms with Crippen LogP contribution < -0.4 is 10.2 Å². The summed E-state index contributed by atoms with van der Waals surface area (Å²) in [4.78, 5) is 31.0. The monoisotopic (exact) mass is 579 g/mol. The smallest absolute Gasteiger partial charge is 0.362 e. The molecule has 1 saturated carbocycles. The number of rotatable bonds is 7. The van der Waals surface area contributed by atoms with E-state index in [-0.39, 0.29) is 12.2 Å². The molecule has 0 amide bonds. The highest BCUT2D eigenvalue weighted by atomic mass is 35.5. The van der Waals surface area contributed by atoms with Gasteiger partial charge >= 0.3 is 6.15 Å². The summed E-state index contributed by atoms with van der Waals surface area (Å²) in [5, 5.41) is 5.31. The van der Waals surface area contributed by atoms with Crippen LogP contribution in [0.25, 0.3) is 0 Å². The van der Waals surface area contributed by atoms with Gasteiger partial charge in [0.15, 0.2) is 5.82 Å². The Hall–Kier alpha value is -1.89. The van der Waals surface area contributed by atoms with E-state index < -0.39 is 0 Å². The zero-order valence-corrected chi connectivity index (χ0v) is 24.5. The number of halogens is 3. The third kappa shape index (κ3) is 6.63. The number of nitrogens with zero attached hydrogens (tertiary/aromatic N) is 4. The normalized spacial score (nSPS) is 24.4. The van der Waals surface area contributed by atoms with Gasteiger partial charge in [-0.05, 0) is 81.0 Å². The Morgan fingerprint density at radius 3 is 2.45 bits per heavy atom. The van der Waals surface area contributed by atoms with Crippen LogP contribution in [-0.2, 0) is 16.0 Å². The fourth-order valence-corrected chi connectivity index (χ4v) is 6.82. The summed E-state index contributed by atoms with van der Waals surface area (Å²) in [6.45, 7) is 11.1. The largest absolute Gasteiger partial charge is 0.373 e. The van der Waals surface area contributed by atoms with Crippen molar-refractivity contribution in [3.63, 3.8) is 0 Å². The third-order valence-electron chi connectivity index (χ3n) is 8.24. The van der Waals surface area contributed by atoms with E-state index >= 15 is 0 Å². The first-order valence-corrected chi connectivity index (χ1v) is 14.6. The van der Waals surface area contributed by atoms with Crippen LogP contribution in [0.5, 0.6) is 0 Å². The molecule has 1 N–H and O–H groups in total. The SMILES string of the molecule is CCc1nc(N2CC([C@H]3CCCN(C4CC(C)C4)C3)C2)nc(N[C@H](C)c2ccc(Cl)cc2Cl)c1Cl.O=C=O. The lowest BCUT2D eigenvalue weighted by atomic mass is 9.76. The molecule has 10 heteroatoms.